The van der Waals surface area contributed by atoms with Crippen molar-refractivity contribution in [3.63, 3.8) is 0 Å². The van der Waals surface area contributed by atoms with Crippen LogP contribution in [0, 0.1) is 5.82 Å². The highest BCUT2D eigenvalue weighted by molar-refractivity contribution is 7.13. The highest BCUT2D eigenvalue weighted by Crippen LogP contribution is 2.17. The number of carbonyl (C=O) groups is 1. The van der Waals surface area contributed by atoms with Gasteiger partial charge in [0, 0.05) is 24.0 Å². The zero-order valence-corrected chi connectivity index (χ0v) is 12.3. The van der Waals surface area contributed by atoms with Crippen LogP contribution in [-0.2, 0) is 0 Å². The number of thiazole rings is 1. The summed E-state index contributed by atoms with van der Waals surface area (Å²) in [6, 6.07) is 5.93. The van der Waals surface area contributed by atoms with Gasteiger partial charge in [-0.1, -0.05) is 18.2 Å². The van der Waals surface area contributed by atoms with Crippen LogP contribution in [0.4, 0.5) is 9.52 Å². The number of aliphatic hydroxyl groups excluding tert-OH is 1. The normalized spacial score (nSPS) is 12.0. The van der Waals surface area contributed by atoms with E-state index in [0.29, 0.717) is 5.13 Å². The van der Waals surface area contributed by atoms with E-state index < -0.39 is 17.8 Å². The molecule has 21 heavy (non-hydrogen) atoms. The van der Waals surface area contributed by atoms with Crippen LogP contribution in [0.15, 0.2) is 29.6 Å². The third kappa shape index (κ3) is 3.99. The van der Waals surface area contributed by atoms with Gasteiger partial charge in [0.05, 0.1) is 6.10 Å². The van der Waals surface area contributed by atoms with Crippen LogP contribution in [0.1, 0.15) is 29.1 Å². The number of amides is 1. The van der Waals surface area contributed by atoms with Gasteiger partial charge in [-0.2, -0.15) is 0 Å². The Morgan fingerprint density at radius 2 is 2.24 bits per heavy atom. The van der Waals surface area contributed by atoms with Crippen LogP contribution in [0.3, 0.4) is 0 Å². The molecule has 0 aliphatic heterocycles. The van der Waals surface area contributed by atoms with Crippen molar-refractivity contribution >= 4 is 22.4 Å². The van der Waals surface area contributed by atoms with Crippen molar-refractivity contribution in [3.8, 4) is 0 Å². The number of nitrogens with zero attached hydrogens (tertiary/aromatic N) is 1. The van der Waals surface area contributed by atoms with E-state index in [0.717, 1.165) is 6.54 Å². The summed E-state index contributed by atoms with van der Waals surface area (Å²) in [5.41, 5.74) is 0.432. The van der Waals surface area contributed by atoms with E-state index in [4.69, 9.17) is 0 Å². The van der Waals surface area contributed by atoms with Gasteiger partial charge in [-0.15, -0.1) is 11.3 Å². The second kappa shape index (κ2) is 7.14. The molecule has 5 nitrogen and oxygen atoms in total. The second-order valence-corrected chi connectivity index (χ2v) is 5.17. The van der Waals surface area contributed by atoms with Crippen molar-refractivity contribution in [2.45, 2.75) is 13.0 Å². The average Bonchev–Trinajstić information content (AvgIpc) is 2.94. The van der Waals surface area contributed by atoms with Gasteiger partial charge in [0.2, 0.25) is 0 Å². The van der Waals surface area contributed by atoms with Crippen LogP contribution < -0.4 is 10.6 Å². The fraction of sp³-hybridized carbons (Fsp3) is 0.286. The number of anilines is 1. The summed E-state index contributed by atoms with van der Waals surface area (Å²) in [4.78, 5) is 16.0. The van der Waals surface area contributed by atoms with Crippen molar-refractivity contribution in [2.75, 3.05) is 18.4 Å². The monoisotopic (exact) mass is 309 g/mol. The average molecular weight is 309 g/mol. The van der Waals surface area contributed by atoms with Gasteiger partial charge >= 0.3 is 0 Å². The Balaban J connectivity index is 1.92. The third-order valence-electron chi connectivity index (χ3n) is 2.79. The predicted molar refractivity (Wildman–Crippen MR) is 80.0 cm³/mol. The molecule has 1 atom stereocenters. The first-order chi connectivity index (χ1) is 10.1. The molecule has 7 heteroatoms. The largest absolute Gasteiger partial charge is 0.386 e. The smallest absolute Gasteiger partial charge is 0.270 e. The summed E-state index contributed by atoms with van der Waals surface area (Å²) in [6.07, 6.45) is -1.10. The number of aliphatic hydroxyl groups is 1. The van der Waals surface area contributed by atoms with E-state index in [-0.39, 0.29) is 17.8 Å². The molecule has 112 valence electrons. The van der Waals surface area contributed by atoms with Crippen molar-refractivity contribution in [1.29, 1.82) is 0 Å². The fourth-order valence-electron chi connectivity index (χ4n) is 1.75. The molecule has 0 radical (unpaired) electrons. The minimum Gasteiger partial charge on any atom is -0.386 e. The van der Waals surface area contributed by atoms with E-state index >= 15 is 0 Å². The van der Waals surface area contributed by atoms with Crippen molar-refractivity contribution < 1.29 is 14.3 Å². The lowest BCUT2D eigenvalue weighted by atomic mass is 10.1. The molecule has 1 heterocycles. The number of carbonyl (C=O) groups excluding carboxylic acids is 1. The molecular weight excluding hydrogens is 293 g/mol. The Morgan fingerprint density at radius 3 is 2.95 bits per heavy atom. The molecule has 2 aromatic rings. The minimum absolute atomic E-state index is 0.0756. The summed E-state index contributed by atoms with van der Waals surface area (Å²) in [5.74, 6) is -0.895. The van der Waals surface area contributed by atoms with Crippen LogP contribution in [0.25, 0.3) is 0 Å². The van der Waals surface area contributed by atoms with E-state index in [1.165, 1.54) is 23.5 Å². The number of nitrogens with one attached hydrogen (secondary N) is 2. The van der Waals surface area contributed by atoms with Crippen molar-refractivity contribution in [2.24, 2.45) is 0 Å². The zero-order chi connectivity index (χ0) is 15.2. The molecule has 0 aliphatic rings. The quantitative estimate of drug-likeness (QED) is 0.764. The number of hydrogen-bond acceptors (Lipinski definition) is 5. The topological polar surface area (TPSA) is 74.2 Å². The molecule has 2 rings (SSSR count). The van der Waals surface area contributed by atoms with Gasteiger partial charge < -0.3 is 15.7 Å². The first-order valence-corrected chi connectivity index (χ1v) is 7.40. The molecule has 3 N–H and O–H groups in total. The Hall–Kier alpha value is -1.99. The van der Waals surface area contributed by atoms with E-state index in [2.05, 4.69) is 15.6 Å². The highest BCUT2D eigenvalue weighted by atomic mass is 32.1. The van der Waals surface area contributed by atoms with Crippen LogP contribution in [0.5, 0.6) is 0 Å². The highest BCUT2D eigenvalue weighted by Gasteiger charge is 2.15. The maximum Gasteiger partial charge on any atom is 0.270 e. The lowest BCUT2D eigenvalue weighted by molar-refractivity contribution is 0.0910. The minimum atomic E-state index is -1.10. The summed E-state index contributed by atoms with van der Waals surface area (Å²) >= 11 is 1.33. The number of aromatic nitrogens is 1. The zero-order valence-electron chi connectivity index (χ0n) is 11.5. The van der Waals surface area contributed by atoms with E-state index in [1.807, 2.05) is 6.92 Å². The molecule has 0 spiro atoms. The number of hydrogen-bond donors (Lipinski definition) is 3. The summed E-state index contributed by atoms with van der Waals surface area (Å²) in [7, 11) is 0. The Bertz CT molecular complexity index is 618. The SMILES string of the molecule is CCNc1nc(C(=O)NCC(O)c2ccccc2F)cs1. The molecule has 1 amide bonds. The first-order valence-electron chi connectivity index (χ1n) is 6.52. The molecule has 1 aromatic carbocycles. The van der Waals surface area contributed by atoms with Gasteiger partial charge in [-0.25, -0.2) is 9.37 Å². The third-order valence-corrected chi connectivity index (χ3v) is 3.59. The fourth-order valence-corrected chi connectivity index (χ4v) is 2.51. The lowest BCUT2D eigenvalue weighted by Gasteiger charge is -2.12. The molecular formula is C14H16FN3O2S. The van der Waals surface area contributed by atoms with Crippen LogP contribution >= 0.6 is 11.3 Å². The van der Waals surface area contributed by atoms with E-state index in [9.17, 15) is 14.3 Å². The second-order valence-electron chi connectivity index (χ2n) is 4.32. The van der Waals surface area contributed by atoms with Crippen LogP contribution in [-0.4, -0.2) is 29.1 Å². The number of rotatable bonds is 6. The van der Waals surface area contributed by atoms with Gasteiger partial charge in [-0.05, 0) is 13.0 Å². The maximum absolute atomic E-state index is 13.5. The summed E-state index contributed by atoms with van der Waals surface area (Å²) in [6.45, 7) is 2.58. The maximum atomic E-state index is 13.5. The van der Waals surface area contributed by atoms with Gasteiger partial charge in [0.15, 0.2) is 5.13 Å². The van der Waals surface area contributed by atoms with E-state index in [1.54, 1.807) is 17.5 Å². The molecule has 0 aliphatic carbocycles. The molecule has 0 saturated heterocycles. The number of halogens is 1. The Labute approximate surface area is 125 Å². The van der Waals surface area contributed by atoms with Crippen molar-refractivity contribution in [1.82, 2.24) is 10.3 Å². The van der Waals surface area contributed by atoms with Gasteiger partial charge in [-0.3, -0.25) is 4.79 Å². The summed E-state index contributed by atoms with van der Waals surface area (Å²) in [5, 5.41) is 17.7. The Morgan fingerprint density at radius 1 is 1.48 bits per heavy atom. The molecule has 0 bridgehead atoms. The molecule has 0 saturated carbocycles. The molecule has 0 fully saturated rings. The molecule has 1 aromatic heterocycles. The lowest BCUT2D eigenvalue weighted by Crippen LogP contribution is -2.29. The standard InChI is InChI=1S/C14H16FN3O2S/c1-2-16-14-18-11(8-21-14)13(20)17-7-12(19)9-5-3-4-6-10(9)15/h3-6,8,12,19H,2,7H2,1H3,(H,16,18)(H,17,20). The van der Waals surface area contributed by atoms with Gasteiger partial charge in [0.25, 0.3) is 5.91 Å². The Kier molecular flexibility index (Phi) is 5.24. The predicted octanol–water partition coefficient (Wildman–Crippen LogP) is 2.18. The van der Waals surface area contributed by atoms with Crippen LogP contribution in [0.2, 0.25) is 0 Å². The first kappa shape index (κ1) is 15.4. The van der Waals surface area contributed by atoms with Gasteiger partial charge in [0.1, 0.15) is 11.5 Å². The summed E-state index contributed by atoms with van der Waals surface area (Å²) < 4.78 is 13.5. The number of benzene rings is 1. The molecule has 1 unspecified atom stereocenters. The van der Waals surface area contributed by atoms with Crippen molar-refractivity contribution in [3.05, 3.63) is 46.7 Å².